The standard InChI is InChI=1S/C14H18N4O2S2/c1-2-3-8-18-13-6-5-11(22(16,19)20)10-12(13)17-14(18)21-9-4-7-15/h5-6,10H,2-4,8-9H2,1H3,(H2,16,19,20). The summed E-state index contributed by atoms with van der Waals surface area (Å²) in [6.07, 6.45) is 2.51. The van der Waals surface area contributed by atoms with Gasteiger partial charge >= 0.3 is 0 Å². The number of unbranched alkanes of at least 4 members (excludes halogenated alkanes) is 1. The van der Waals surface area contributed by atoms with Crippen LogP contribution >= 0.6 is 11.8 Å². The molecule has 0 radical (unpaired) electrons. The monoisotopic (exact) mass is 338 g/mol. The Kier molecular flexibility index (Phi) is 5.45. The van der Waals surface area contributed by atoms with Crippen molar-refractivity contribution in [1.82, 2.24) is 9.55 Å². The molecule has 0 atom stereocenters. The Morgan fingerprint density at radius 1 is 1.45 bits per heavy atom. The molecular formula is C14H18N4O2S2. The van der Waals surface area contributed by atoms with Gasteiger partial charge in [-0.2, -0.15) is 5.26 Å². The fourth-order valence-corrected chi connectivity index (χ4v) is 3.51. The van der Waals surface area contributed by atoms with Crippen molar-refractivity contribution in [3.63, 3.8) is 0 Å². The predicted octanol–water partition coefficient (Wildman–Crippen LogP) is 2.49. The highest BCUT2D eigenvalue weighted by Gasteiger charge is 2.14. The quantitative estimate of drug-likeness (QED) is 0.617. The molecule has 0 amide bonds. The van der Waals surface area contributed by atoms with Crippen LogP contribution in [0.1, 0.15) is 26.2 Å². The zero-order chi connectivity index (χ0) is 16.2. The third-order valence-electron chi connectivity index (χ3n) is 3.19. The van der Waals surface area contributed by atoms with E-state index in [1.165, 1.54) is 23.9 Å². The number of primary sulfonamides is 1. The van der Waals surface area contributed by atoms with Crippen molar-refractivity contribution in [3.8, 4) is 6.07 Å². The van der Waals surface area contributed by atoms with Crippen LogP contribution in [-0.4, -0.2) is 23.7 Å². The van der Waals surface area contributed by atoms with E-state index in [1.54, 1.807) is 6.07 Å². The first-order chi connectivity index (χ1) is 10.5. The lowest BCUT2D eigenvalue weighted by molar-refractivity contribution is 0.598. The molecule has 0 unspecified atom stereocenters. The van der Waals surface area contributed by atoms with Crippen molar-refractivity contribution in [2.45, 2.75) is 42.8 Å². The van der Waals surface area contributed by atoms with Gasteiger partial charge in [-0.05, 0) is 24.6 Å². The summed E-state index contributed by atoms with van der Waals surface area (Å²) in [5.41, 5.74) is 1.50. The topological polar surface area (TPSA) is 102 Å². The Bertz CT molecular complexity index is 806. The molecule has 22 heavy (non-hydrogen) atoms. The first-order valence-corrected chi connectivity index (χ1v) is 9.53. The number of hydrogen-bond acceptors (Lipinski definition) is 5. The molecule has 0 saturated heterocycles. The first-order valence-electron chi connectivity index (χ1n) is 7.00. The van der Waals surface area contributed by atoms with Crippen LogP contribution in [0.25, 0.3) is 11.0 Å². The summed E-state index contributed by atoms with van der Waals surface area (Å²) < 4.78 is 25.0. The summed E-state index contributed by atoms with van der Waals surface area (Å²) in [5.74, 6) is 0.661. The molecule has 1 aromatic carbocycles. The van der Waals surface area contributed by atoms with Crippen molar-refractivity contribution in [3.05, 3.63) is 18.2 Å². The number of sulfonamides is 1. The molecule has 0 saturated carbocycles. The zero-order valence-electron chi connectivity index (χ0n) is 12.3. The summed E-state index contributed by atoms with van der Waals surface area (Å²) in [6, 6.07) is 6.86. The van der Waals surface area contributed by atoms with Gasteiger partial charge in [-0.1, -0.05) is 25.1 Å². The molecule has 0 aliphatic carbocycles. The van der Waals surface area contributed by atoms with E-state index in [9.17, 15) is 8.42 Å². The SMILES string of the molecule is CCCCn1c(SCCC#N)nc2cc(S(N)(=O)=O)ccc21. The maximum atomic E-state index is 11.5. The highest BCUT2D eigenvalue weighted by Crippen LogP contribution is 2.26. The van der Waals surface area contributed by atoms with Crippen LogP contribution in [0.5, 0.6) is 0 Å². The lowest BCUT2D eigenvalue weighted by Crippen LogP contribution is -2.11. The van der Waals surface area contributed by atoms with Gasteiger partial charge in [0.15, 0.2) is 5.16 Å². The van der Waals surface area contributed by atoms with Gasteiger partial charge in [0, 0.05) is 18.7 Å². The molecule has 0 aliphatic rings. The zero-order valence-corrected chi connectivity index (χ0v) is 14.0. The molecule has 0 spiro atoms. The fourth-order valence-electron chi connectivity index (χ4n) is 2.09. The number of aryl methyl sites for hydroxylation is 1. The lowest BCUT2D eigenvalue weighted by Gasteiger charge is -2.07. The van der Waals surface area contributed by atoms with E-state index in [2.05, 4.69) is 22.5 Å². The number of nitrogens with zero attached hydrogens (tertiary/aromatic N) is 3. The van der Waals surface area contributed by atoms with Crippen LogP contribution in [0.15, 0.2) is 28.3 Å². The number of nitrogens with two attached hydrogens (primary N) is 1. The van der Waals surface area contributed by atoms with Gasteiger partial charge in [0.05, 0.1) is 22.0 Å². The van der Waals surface area contributed by atoms with E-state index in [-0.39, 0.29) is 4.90 Å². The van der Waals surface area contributed by atoms with Crippen LogP contribution < -0.4 is 5.14 Å². The molecule has 2 aromatic rings. The van der Waals surface area contributed by atoms with Crippen LogP contribution in [0, 0.1) is 11.3 Å². The molecular weight excluding hydrogens is 320 g/mol. The molecule has 1 heterocycles. The summed E-state index contributed by atoms with van der Waals surface area (Å²) in [6.45, 7) is 2.93. The van der Waals surface area contributed by atoms with E-state index in [0.29, 0.717) is 17.7 Å². The van der Waals surface area contributed by atoms with Crippen molar-refractivity contribution in [1.29, 1.82) is 5.26 Å². The second-order valence-corrected chi connectivity index (χ2v) is 7.48. The number of nitriles is 1. The van der Waals surface area contributed by atoms with Crippen molar-refractivity contribution >= 4 is 32.8 Å². The minimum atomic E-state index is -3.73. The molecule has 0 bridgehead atoms. The van der Waals surface area contributed by atoms with Gasteiger partial charge in [-0.3, -0.25) is 0 Å². The Balaban J connectivity index is 2.45. The van der Waals surface area contributed by atoms with Gasteiger partial charge in [-0.25, -0.2) is 18.5 Å². The van der Waals surface area contributed by atoms with Crippen molar-refractivity contribution in [2.75, 3.05) is 5.75 Å². The molecule has 2 rings (SSSR count). The van der Waals surface area contributed by atoms with Gasteiger partial charge < -0.3 is 4.57 Å². The number of hydrogen-bond donors (Lipinski definition) is 1. The Hall–Kier alpha value is -1.56. The summed E-state index contributed by atoms with van der Waals surface area (Å²) in [4.78, 5) is 4.57. The van der Waals surface area contributed by atoms with Gasteiger partial charge in [0.25, 0.3) is 0 Å². The first kappa shape index (κ1) is 16.8. The second kappa shape index (κ2) is 7.13. The molecule has 0 fully saturated rings. The number of fused-ring (bicyclic) bond motifs is 1. The Morgan fingerprint density at radius 3 is 2.86 bits per heavy atom. The van der Waals surface area contributed by atoms with Crippen LogP contribution in [-0.2, 0) is 16.6 Å². The molecule has 2 N–H and O–H groups in total. The molecule has 118 valence electrons. The Labute approximate surface area is 134 Å². The van der Waals surface area contributed by atoms with Gasteiger partial charge in [0.2, 0.25) is 10.0 Å². The van der Waals surface area contributed by atoms with Crippen LogP contribution in [0.3, 0.4) is 0 Å². The van der Waals surface area contributed by atoms with E-state index < -0.39 is 10.0 Å². The van der Waals surface area contributed by atoms with Crippen LogP contribution in [0.2, 0.25) is 0 Å². The number of thioether (sulfide) groups is 1. The average Bonchev–Trinajstić information content (AvgIpc) is 2.81. The van der Waals surface area contributed by atoms with E-state index in [4.69, 9.17) is 10.4 Å². The number of aromatic nitrogens is 2. The number of benzene rings is 1. The van der Waals surface area contributed by atoms with Crippen molar-refractivity contribution in [2.24, 2.45) is 5.14 Å². The third-order valence-corrected chi connectivity index (χ3v) is 5.08. The average molecular weight is 338 g/mol. The maximum Gasteiger partial charge on any atom is 0.238 e. The normalized spacial score (nSPS) is 11.7. The van der Waals surface area contributed by atoms with Crippen molar-refractivity contribution < 1.29 is 8.42 Å². The molecule has 1 aromatic heterocycles. The molecule has 0 aliphatic heterocycles. The fraction of sp³-hybridized carbons (Fsp3) is 0.429. The summed E-state index contributed by atoms with van der Waals surface area (Å²) in [7, 11) is -3.73. The predicted molar refractivity (Wildman–Crippen MR) is 87.0 cm³/mol. The summed E-state index contributed by atoms with van der Waals surface area (Å²) >= 11 is 1.51. The maximum absolute atomic E-state index is 11.5. The highest BCUT2D eigenvalue weighted by atomic mass is 32.2. The molecule has 8 heteroatoms. The minimum absolute atomic E-state index is 0.0636. The minimum Gasteiger partial charge on any atom is -0.319 e. The van der Waals surface area contributed by atoms with Gasteiger partial charge in [0.1, 0.15) is 0 Å². The second-order valence-electron chi connectivity index (χ2n) is 4.85. The van der Waals surface area contributed by atoms with E-state index >= 15 is 0 Å². The number of rotatable bonds is 7. The van der Waals surface area contributed by atoms with Gasteiger partial charge in [-0.15, -0.1) is 0 Å². The largest absolute Gasteiger partial charge is 0.319 e. The third kappa shape index (κ3) is 3.80. The van der Waals surface area contributed by atoms with Crippen LogP contribution in [0.4, 0.5) is 0 Å². The molecule has 6 nitrogen and oxygen atoms in total. The van der Waals surface area contributed by atoms with E-state index in [1.807, 2.05) is 0 Å². The van der Waals surface area contributed by atoms with E-state index in [0.717, 1.165) is 30.1 Å². The Morgan fingerprint density at radius 2 is 2.23 bits per heavy atom. The summed E-state index contributed by atoms with van der Waals surface area (Å²) in [5, 5.41) is 14.6. The number of imidazole rings is 1. The highest BCUT2D eigenvalue weighted by molar-refractivity contribution is 7.99. The smallest absolute Gasteiger partial charge is 0.238 e. The lowest BCUT2D eigenvalue weighted by atomic mass is 10.3.